The van der Waals surface area contributed by atoms with Crippen molar-refractivity contribution < 1.29 is 9.53 Å². The maximum absolute atomic E-state index is 12.2. The van der Waals surface area contributed by atoms with Gasteiger partial charge >= 0.3 is 5.97 Å². The minimum atomic E-state index is -0.492. The highest BCUT2D eigenvalue weighted by atomic mass is 16.5. The van der Waals surface area contributed by atoms with Gasteiger partial charge in [-0.2, -0.15) is 0 Å². The summed E-state index contributed by atoms with van der Waals surface area (Å²) in [5.74, 6) is 0.0964. The molecule has 0 aromatic rings. The second-order valence-corrected chi connectivity index (χ2v) is 5.76. The standard InChI is InChI=1S/C17H27NO2/c1-7-8-9-14(4)18(5)15-10-11-17(12-15,13(2)3)16(19)20-6/h7-11,13,15H,12H2,1-6H3/b8-7+,14-9-/t15-,17+/m1/s1. The van der Waals surface area contributed by atoms with Gasteiger partial charge in [0.15, 0.2) is 0 Å². The first-order chi connectivity index (χ1) is 9.39. The van der Waals surface area contributed by atoms with Crippen LogP contribution in [-0.4, -0.2) is 31.1 Å². The smallest absolute Gasteiger partial charge is 0.316 e. The molecule has 112 valence electrons. The second-order valence-electron chi connectivity index (χ2n) is 5.76. The molecule has 0 N–H and O–H groups in total. The Kier molecular flexibility index (Phi) is 5.61. The molecule has 0 spiro atoms. The molecule has 1 aliphatic rings. The molecule has 0 aromatic heterocycles. The van der Waals surface area contributed by atoms with Crippen LogP contribution in [0.3, 0.4) is 0 Å². The van der Waals surface area contributed by atoms with Gasteiger partial charge in [0.2, 0.25) is 0 Å². The molecule has 0 saturated carbocycles. The number of ether oxygens (including phenoxy) is 1. The molecule has 0 fully saturated rings. The fraction of sp³-hybridized carbons (Fsp3) is 0.588. The Labute approximate surface area is 123 Å². The molecule has 1 rings (SSSR count). The van der Waals surface area contributed by atoms with Crippen molar-refractivity contribution in [2.24, 2.45) is 11.3 Å². The Balaban J connectivity index is 2.90. The van der Waals surface area contributed by atoms with Gasteiger partial charge in [-0.05, 0) is 32.3 Å². The van der Waals surface area contributed by atoms with Crippen molar-refractivity contribution in [3.05, 3.63) is 36.1 Å². The summed E-state index contributed by atoms with van der Waals surface area (Å²) in [7, 11) is 3.53. The van der Waals surface area contributed by atoms with Gasteiger partial charge < -0.3 is 9.64 Å². The minimum absolute atomic E-state index is 0.130. The van der Waals surface area contributed by atoms with E-state index in [4.69, 9.17) is 4.74 Å². The Hall–Kier alpha value is -1.51. The largest absolute Gasteiger partial charge is 0.468 e. The summed E-state index contributed by atoms with van der Waals surface area (Å²) in [4.78, 5) is 14.4. The van der Waals surface area contributed by atoms with Crippen LogP contribution >= 0.6 is 0 Å². The van der Waals surface area contributed by atoms with Gasteiger partial charge in [-0.3, -0.25) is 4.79 Å². The molecule has 0 aliphatic heterocycles. The SMILES string of the molecule is C/C=C/C=C(/C)N(C)[C@@H]1C=C[C@@](C(=O)OC)(C(C)C)C1. The number of rotatable bonds is 5. The van der Waals surface area contributed by atoms with Crippen LogP contribution in [-0.2, 0) is 9.53 Å². The third-order valence-corrected chi connectivity index (χ3v) is 4.34. The average Bonchev–Trinajstić information content (AvgIpc) is 2.89. The Morgan fingerprint density at radius 3 is 2.65 bits per heavy atom. The summed E-state index contributed by atoms with van der Waals surface area (Å²) in [6, 6.07) is 0.234. The predicted octanol–water partition coefficient (Wildman–Crippen LogP) is 3.54. The first-order valence-corrected chi connectivity index (χ1v) is 7.19. The number of esters is 1. The molecule has 0 saturated heterocycles. The van der Waals surface area contributed by atoms with Crippen LogP contribution in [0.15, 0.2) is 36.1 Å². The summed E-state index contributed by atoms with van der Waals surface area (Å²) in [6.45, 7) is 8.24. The maximum atomic E-state index is 12.2. The molecule has 0 bridgehead atoms. The molecule has 0 amide bonds. The van der Waals surface area contributed by atoms with Crippen molar-refractivity contribution in [2.45, 2.75) is 40.2 Å². The van der Waals surface area contributed by atoms with Crippen LogP contribution in [0.5, 0.6) is 0 Å². The third-order valence-electron chi connectivity index (χ3n) is 4.34. The van der Waals surface area contributed by atoms with E-state index in [9.17, 15) is 4.79 Å². The molecule has 20 heavy (non-hydrogen) atoms. The first-order valence-electron chi connectivity index (χ1n) is 7.19. The number of likely N-dealkylation sites (N-methyl/N-ethyl adjacent to an activating group) is 1. The monoisotopic (exact) mass is 277 g/mol. The van der Waals surface area contributed by atoms with Gasteiger partial charge in [-0.15, -0.1) is 0 Å². The number of carbonyl (C=O) groups is 1. The fourth-order valence-corrected chi connectivity index (χ4v) is 2.65. The number of nitrogens with zero attached hydrogens (tertiary/aromatic N) is 1. The quantitative estimate of drug-likeness (QED) is 0.437. The summed E-state index contributed by atoms with van der Waals surface area (Å²) in [6.07, 6.45) is 11.1. The molecule has 2 atom stereocenters. The van der Waals surface area contributed by atoms with Gasteiger partial charge in [-0.1, -0.05) is 38.2 Å². The van der Waals surface area contributed by atoms with Gasteiger partial charge in [0.25, 0.3) is 0 Å². The summed E-state index contributed by atoms with van der Waals surface area (Å²) < 4.78 is 5.02. The summed E-state index contributed by atoms with van der Waals surface area (Å²) >= 11 is 0. The zero-order valence-corrected chi connectivity index (χ0v) is 13.5. The molecule has 3 heteroatoms. The third kappa shape index (κ3) is 3.14. The first kappa shape index (κ1) is 16.5. The Bertz CT molecular complexity index is 434. The van der Waals surface area contributed by atoms with Gasteiger partial charge in [0.05, 0.1) is 12.5 Å². The van der Waals surface area contributed by atoms with E-state index >= 15 is 0 Å². The van der Waals surface area contributed by atoms with Crippen LogP contribution in [0.1, 0.15) is 34.1 Å². The lowest BCUT2D eigenvalue weighted by Gasteiger charge is -2.33. The van der Waals surface area contributed by atoms with Crippen molar-refractivity contribution >= 4 is 5.97 Å². The molecule has 0 heterocycles. The number of methoxy groups -OCH3 is 1. The molecule has 0 unspecified atom stereocenters. The zero-order chi connectivity index (χ0) is 15.3. The van der Waals surface area contributed by atoms with Crippen LogP contribution < -0.4 is 0 Å². The highest BCUT2D eigenvalue weighted by molar-refractivity contribution is 5.80. The highest BCUT2D eigenvalue weighted by Gasteiger charge is 2.45. The second kappa shape index (κ2) is 6.78. The highest BCUT2D eigenvalue weighted by Crippen LogP contribution is 2.42. The van der Waals surface area contributed by atoms with E-state index in [2.05, 4.69) is 44.9 Å². The van der Waals surface area contributed by atoms with Gasteiger partial charge in [0, 0.05) is 18.8 Å². The number of hydrogen-bond donors (Lipinski definition) is 0. The van der Waals surface area contributed by atoms with Gasteiger partial charge in [0.1, 0.15) is 0 Å². The lowest BCUT2D eigenvalue weighted by Crippen LogP contribution is -2.38. The van der Waals surface area contributed by atoms with Crippen molar-refractivity contribution in [3.63, 3.8) is 0 Å². The fourth-order valence-electron chi connectivity index (χ4n) is 2.65. The summed E-state index contributed by atoms with van der Waals surface area (Å²) in [5, 5.41) is 0. The maximum Gasteiger partial charge on any atom is 0.316 e. The number of allylic oxidation sites excluding steroid dienone is 4. The molecule has 3 nitrogen and oxygen atoms in total. The van der Waals surface area contributed by atoms with E-state index in [0.29, 0.717) is 0 Å². The lowest BCUT2D eigenvalue weighted by atomic mass is 9.76. The van der Waals surface area contributed by atoms with E-state index in [1.165, 1.54) is 12.8 Å². The van der Waals surface area contributed by atoms with Crippen LogP contribution in [0.4, 0.5) is 0 Å². The molecular weight excluding hydrogens is 250 g/mol. The molecular formula is C17H27NO2. The van der Waals surface area contributed by atoms with Crippen LogP contribution in [0, 0.1) is 11.3 Å². The molecule has 0 aromatic carbocycles. The molecule has 1 aliphatic carbocycles. The van der Waals surface area contributed by atoms with E-state index < -0.39 is 5.41 Å². The van der Waals surface area contributed by atoms with E-state index in [0.717, 1.165) is 6.42 Å². The van der Waals surface area contributed by atoms with E-state index in [1.54, 1.807) is 0 Å². The predicted molar refractivity (Wildman–Crippen MR) is 83.2 cm³/mol. The summed E-state index contributed by atoms with van der Waals surface area (Å²) in [5.41, 5.74) is 0.691. The Morgan fingerprint density at radius 1 is 1.50 bits per heavy atom. The normalized spacial score (nSPS) is 26.6. The lowest BCUT2D eigenvalue weighted by molar-refractivity contribution is -0.152. The van der Waals surface area contributed by atoms with Crippen LogP contribution in [0.2, 0.25) is 0 Å². The van der Waals surface area contributed by atoms with Crippen molar-refractivity contribution in [1.82, 2.24) is 4.90 Å². The minimum Gasteiger partial charge on any atom is -0.468 e. The Morgan fingerprint density at radius 2 is 2.15 bits per heavy atom. The van der Waals surface area contributed by atoms with Gasteiger partial charge in [-0.25, -0.2) is 0 Å². The van der Waals surface area contributed by atoms with E-state index in [1.807, 2.05) is 25.2 Å². The van der Waals surface area contributed by atoms with Crippen molar-refractivity contribution in [2.75, 3.05) is 14.2 Å². The van der Waals surface area contributed by atoms with Crippen molar-refractivity contribution in [1.29, 1.82) is 0 Å². The zero-order valence-electron chi connectivity index (χ0n) is 13.5. The average molecular weight is 277 g/mol. The molecule has 0 radical (unpaired) electrons. The number of hydrogen-bond acceptors (Lipinski definition) is 3. The van der Waals surface area contributed by atoms with E-state index in [-0.39, 0.29) is 17.9 Å². The van der Waals surface area contributed by atoms with Crippen molar-refractivity contribution in [3.8, 4) is 0 Å². The number of carbonyl (C=O) groups excluding carboxylic acids is 1. The topological polar surface area (TPSA) is 29.5 Å². The van der Waals surface area contributed by atoms with Crippen LogP contribution in [0.25, 0.3) is 0 Å².